The molecule has 3 aromatic heterocycles. The summed E-state index contributed by atoms with van der Waals surface area (Å²) in [5.41, 5.74) is 5.97. The first-order valence-electron chi connectivity index (χ1n) is 21.5. The van der Waals surface area contributed by atoms with Crippen molar-refractivity contribution in [1.29, 1.82) is 0 Å². The van der Waals surface area contributed by atoms with E-state index >= 15 is 0 Å². The van der Waals surface area contributed by atoms with Crippen molar-refractivity contribution in [3.8, 4) is 5.75 Å². The average molecular weight is 818 g/mol. The van der Waals surface area contributed by atoms with Crippen LogP contribution in [-0.2, 0) is 22.6 Å². The second-order valence-electron chi connectivity index (χ2n) is 17.0. The largest absolute Gasteiger partial charge is 0.496 e. The number of carbonyl (C=O) groups excluding carboxylic acids is 4. The molecule has 1 saturated carbocycles. The summed E-state index contributed by atoms with van der Waals surface area (Å²) in [6.07, 6.45) is 9.36. The fourth-order valence-corrected chi connectivity index (χ4v) is 9.67. The van der Waals surface area contributed by atoms with Crippen LogP contribution >= 0.6 is 0 Å². The van der Waals surface area contributed by atoms with E-state index in [1.165, 1.54) is 12.8 Å². The Morgan fingerprint density at radius 2 is 1.55 bits per heavy atom. The van der Waals surface area contributed by atoms with Crippen molar-refractivity contribution in [1.82, 2.24) is 44.4 Å². The number of piperazine rings is 2. The number of piperidine rings is 1. The molecule has 16 heteroatoms. The SMILES string of the molecule is COc1cc(N2CCN(CCN3CCN(c4ccc(Cc5ncc6cc(C(=O)N(C)C)n(C7CCCC7)c6n5)nc4)CC3)CC2)cc2c1C(=O)N(C1CCC(=O)NC1=O)C2. The van der Waals surface area contributed by atoms with Gasteiger partial charge in [0.1, 0.15) is 29.0 Å². The second kappa shape index (κ2) is 16.8. The quantitative estimate of drug-likeness (QED) is 0.222. The number of carbonyl (C=O) groups is 4. The molecule has 316 valence electrons. The summed E-state index contributed by atoms with van der Waals surface area (Å²) >= 11 is 0. The molecule has 1 aliphatic carbocycles. The van der Waals surface area contributed by atoms with Crippen LogP contribution in [0.15, 0.2) is 42.7 Å². The summed E-state index contributed by atoms with van der Waals surface area (Å²) in [5.74, 6) is 0.302. The van der Waals surface area contributed by atoms with E-state index in [0.29, 0.717) is 42.2 Å². The standard InChI is InChI=1S/C44H55N11O5/c1-49(2)43(58)36-23-29-26-46-38(47-41(29)55(36)32-6-4-5-7-32)24-31-8-9-33(27-45-31)52-18-14-50(15-19-52)12-13-51-16-20-53(21-17-51)34-22-30-28-54(35-10-11-39(56)48-42(35)57)44(59)40(30)37(25-34)60-3/h8-9,22-23,25-27,32,35H,4-7,10-21,24,28H2,1-3H3,(H,48,56,57). The zero-order chi connectivity index (χ0) is 41.5. The van der Waals surface area contributed by atoms with E-state index in [0.717, 1.165) is 112 Å². The molecule has 0 bridgehead atoms. The predicted octanol–water partition coefficient (Wildman–Crippen LogP) is 2.95. The van der Waals surface area contributed by atoms with Crippen LogP contribution in [0.4, 0.5) is 11.4 Å². The van der Waals surface area contributed by atoms with E-state index in [1.807, 2.05) is 24.5 Å². The minimum atomic E-state index is -0.654. The van der Waals surface area contributed by atoms with Gasteiger partial charge in [0, 0.05) is 128 Å². The summed E-state index contributed by atoms with van der Waals surface area (Å²) in [5, 5.41) is 3.28. The minimum absolute atomic E-state index is 0.00543. The van der Waals surface area contributed by atoms with Gasteiger partial charge in [-0.2, -0.15) is 0 Å². The lowest BCUT2D eigenvalue weighted by Gasteiger charge is -2.39. The van der Waals surface area contributed by atoms with Crippen LogP contribution < -0.4 is 19.9 Å². The van der Waals surface area contributed by atoms with Crippen molar-refractivity contribution in [2.75, 3.05) is 96.5 Å². The molecule has 4 fully saturated rings. The Morgan fingerprint density at radius 1 is 0.850 bits per heavy atom. The van der Waals surface area contributed by atoms with Gasteiger partial charge in [0.15, 0.2) is 0 Å². The number of anilines is 2. The van der Waals surface area contributed by atoms with Crippen LogP contribution in [0.25, 0.3) is 11.0 Å². The molecule has 0 spiro atoms. The second-order valence-corrected chi connectivity index (χ2v) is 17.0. The van der Waals surface area contributed by atoms with Crippen LogP contribution in [0.1, 0.15) is 82.5 Å². The molecule has 0 radical (unpaired) electrons. The van der Waals surface area contributed by atoms with Crippen molar-refractivity contribution >= 4 is 46.0 Å². The first kappa shape index (κ1) is 39.8. The third-order valence-electron chi connectivity index (χ3n) is 13.1. The van der Waals surface area contributed by atoms with Gasteiger partial charge in [-0.05, 0) is 49.1 Å². The summed E-state index contributed by atoms with van der Waals surface area (Å²) in [7, 11) is 5.16. The molecule has 4 aliphatic heterocycles. The third-order valence-corrected chi connectivity index (χ3v) is 13.1. The summed E-state index contributed by atoms with van der Waals surface area (Å²) in [4.78, 5) is 78.3. The smallest absolute Gasteiger partial charge is 0.270 e. The zero-order valence-electron chi connectivity index (χ0n) is 34.9. The van der Waals surface area contributed by atoms with Crippen molar-refractivity contribution in [2.45, 2.75) is 63.6 Å². The van der Waals surface area contributed by atoms with Gasteiger partial charge < -0.3 is 28.9 Å². The Kier molecular flexibility index (Phi) is 11.2. The number of amides is 4. The summed E-state index contributed by atoms with van der Waals surface area (Å²) in [6, 6.07) is 9.83. The molecule has 16 nitrogen and oxygen atoms in total. The highest BCUT2D eigenvalue weighted by atomic mass is 16.5. The number of rotatable bonds is 11. The highest BCUT2D eigenvalue weighted by Crippen LogP contribution is 2.38. The van der Waals surface area contributed by atoms with Crippen LogP contribution in [0.2, 0.25) is 0 Å². The molecule has 1 atom stereocenters. The normalized spacial score (nSPS) is 20.6. The van der Waals surface area contributed by atoms with Gasteiger partial charge >= 0.3 is 0 Å². The monoisotopic (exact) mass is 817 g/mol. The molecule has 1 aromatic carbocycles. The number of aromatic nitrogens is 4. The molecule has 1 N–H and O–H groups in total. The third kappa shape index (κ3) is 7.89. The molecule has 3 saturated heterocycles. The Balaban J connectivity index is 0.747. The van der Waals surface area contributed by atoms with E-state index in [9.17, 15) is 19.2 Å². The van der Waals surface area contributed by atoms with E-state index in [4.69, 9.17) is 14.7 Å². The van der Waals surface area contributed by atoms with Crippen molar-refractivity contribution in [2.24, 2.45) is 0 Å². The summed E-state index contributed by atoms with van der Waals surface area (Å²) in [6.45, 7) is 9.89. The van der Waals surface area contributed by atoms with Gasteiger partial charge in [-0.1, -0.05) is 12.8 Å². The molecule has 60 heavy (non-hydrogen) atoms. The van der Waals surface area contributed by atoms with E-state index in [2.05, 4.69) is 52.7 Å². The predicted molar refractivity (Wildman–Crippen MR) is 226 cm³/mol. The Labute approximate surface area is 350 Å². The lowest BCUT2D eigenvalue weighted by atomic mass is 10.0. The van der Waals surface area contributed by atoms with E-state index in [-0.39, 0.29) is 30.2 Å². The minimum Gasteiger partial charge on any atom is -0.496 e. The first-order valence-corrected chi connectivity index (χ1v) is 21.5. The van der Waals surface area contributed by atoms with Gasteiger partial charge in [-0.15, -0.1) is 0 Å². The van der Waals surface area contributed by atoms with Gasteiger partial charge in [-0.25, -0.2) is 9.97 Å². The van der Waals surface area contributed by atoms with Crippen LogP contribution in [0.5, 0.6) is 5.75 Å². The molecule has 4 aromatic rings. The number of hydrogen-bond acceptors (Lipinski definition) is 12. The molecule has 9 rings (SSSR count). The maximum atomic E-state index is 13.4. The van der Waals surface area contributed by atoms with Gasteiger partial charge in [-0.3, -0.25) is 39.3 Å². The number of hydrogen-bond donors (Lipinski definition) is 1. The molecule has 5 aliphatic rings. The summed E-state index contributed by atoms with van der Waals surface area (Å²) < 4.78 is 7.86. The van der Waals surface area contributed by atoms with Crippen molar-refractivity contribution < 1.29 is 23.9 Å². The lowest BCUT2D eigenvalue weighted by Crippen LogP contribution is -2.52. The Hall–Kier alpha value is -5.61. The first-order chi connectivity index (χ1) is 29.1. The average Bonchev–Trinajstić information content (AvgIpc) is 4.01. The van der Waals surface area contributed by atoms with Gasteiger partial charge in [0.2, 0.25) is 11.8 Å². The number of benzene rings is 1. The fraction of sp³-hybridized carbons (Fsp3) is 0.523. The van der Waals surface area contributed by atoms with Crippen molar-refractivity contribution in [3.05, 3.63) is 71.1 Å². The Morgan fingerprint density at radius 3 is 2.18 bits per heavy atom. The van der Waals surface area contributed by atoms with Crippen molar-refractivity contribution in [3.63, 3.8) is 0 Å². The van der Waals surface area contributed by atoms with Gasteiger partial charge in [0.05, 0.1) is 31.0 Å². The molecular weight excluding hydrogens is 763 g/mol. The number of pyridine rings is 1. The van der Waals surface area contributed by atoms with Crippen LogP contribution in [0.3, 0.4) is 0 Å². The number of nitrogens with one attached hydrogen (secondary N) is 1. The highest BCUT2D eigenvalue weighted by Gasteiger charge is 2.41. The topological polar surface area (TPSA) is 153 Å². The number of ether oxygens (including phenoxy) is 1. The number of imide groups is 1. The maximum absolute atomic E-state index is 13.4. The number of nitrogens with zero attached hydrogens (tertiary/aromatic N) is 10. The number of fused-ring (bicyclic) bond motifs is 2. The molecule has 7 heterocycles. The van der Waals surface area contributed by atoms with E-state index < -0.39 is 11.9 Å². The Bertz CT molecular complexity index is 2270. The molecule has 4 amide bonds. The maximum Gasteiger partial charge on any atom is 0.270 e. The fourth-order valence-electron chi connectivity index (χ4n) is 9.67. The highest BCUT2D eigenvalue weighted by molar-refractivity contribution is 6.07. The van der Waals surface area contributed by atoms with E-state index in [1.54, 1.807) is 31.0 Å². The number of methoxy groups -OCH3 is 1. The molecule has 1 unspecified atom stereocenters. The molecular formula is C44H55N11O5. The van der Waals surface area contributed by atoms with Gasteiger partial charge in [0.25, 0.3) is 11.8 Å². The van der Waals surface area contributed by atoms with Crippen LogP contribution in [0, 0.1) is 0 Å². The van der Waals surface area contributed by atoms with Crippen LogP contribution in [-0.4, -0.2) is 155 Å². The zero-order valence-corrected chi connectivity index (χ0v) is 34.9. The lowest BCUT2D eigenvalue weighted by molar-refractivity contribution is -0.136.